The predicted octanol–water partition coefficient (Wildman–Crippen LogP) is 2.40. The van der Waals surface area contributed by atoms with Crippen LogP contribution in [-0.2, 0) is 11.3 Å². The molecule has 22 heavy (non-hydrogen) atoms. The summed E-state index contributed by atoms with van der Waals surface area (Å²) >= 11 is 0. The number of methoxy groups -OCH3 is 1. The zero-order chi connectivity index (χ0) is 15.3. The third-order valence-electron chi connectivity index (χ3n) is 3.93. The van der Waals surface area contributed by atoms with Gasteiger partial charge in [-0.1, -0.05) is 18.9 Å². The van der Waals surface area contributed by atoms with E-state index >= 15 is 0 Å². The van der Waals surface area contributed by atoms with Crippen molar-refractivity contribution >= 4 is 18.3 Å². The molecule has 1 amide bonds. The lowest BCUT2D eigenvalue weighted by atomic mass is 9.98. The van der Waals surface area contributed by atoms with Gasteiger partial charge in [0.05, 0.1) is 19.3 Å². The van der Waals surface area contributed by atoms with E-state index in [2.05, 4.69) is 5.32 Å². The number of halogens is 1. The Morgan fingerprint density at radius 1 is 1.32 bits per heavy atom. The van der Waals surface area contributed by atoms with Crippen LogP contribution in [0.3, 0.4) is 0 Å². The van der Waals surface area contributed by atoms with Gasteiger partial charge in [0.1, 0.15) is 0 Å². The molecule has 6 heteroatoms. The molecule has 0 spiro atoms. The van der Waals surface area contributed by atoms with Crippen molar-refractivity contribution in [2.75, 3.05) is 13.7 Å². The lowest BCUT2D eigenvalue weighted by molar-refractivity contribution is -0.126. The number of carbonyl (C=O) groups excluding carboxylic acids is 1. The quantitative estimate of drug-likeness (QED) is 0.841. The Kier molecular flexibility index (Phi) is 6.97. The first-order chi connectivity index (χ1) is 10.1. The van der Waals surface area contributed by atoms with Gasteiger partial charge in [-0.2, -0.15) is 0 Å². The summed E-state index contributed by atoms with van der Waals surface area (Å²) in [6.45, 7) is 2.96. The van der Waals surface area contributed by atoms with Crippen LogP contribution in [0.2, 0.25) is 0 Å². The average Bonchev–Trinajstić information content (AvgIpc) is 2.94. The fourth-order valence-corrected chi connectivity index (χ4v) is 2.69. The van der Waals surface area contributed by atoms with Gasteiger partial charge in [0.25, 0.3) is 0 Å². The summed E-state index contributed by atoms with van der Waals surface area (Å²) in [5.41, 5.74) is 6.41. The van der Waals surface area contributed by atoms with Gasteiger partial charge in [-0.3, -0.25) is 4.79 Å². The standard InChI is InChI=1S/C16H24N2O3.ClH/c1-3-21-13-7-6-12(10-14(13)20-2)11-18-15(19)16(17)8-4-5-9-16;/h6-7,10H,3-5,8-9,11,17H2,1-2H3,(H,18,19);1H. The molecule has 1 aliphatic rings. The van der Waals surface area contributed by atoms with E-state index in [1.807, 2.05) is 25.1 Å². The topological polar surface area (TPSA) is 73.6 Å². The van der Waals surface area contributed by atoms with Crippen LogP contribution in [0.25, 0.3) is 0 Å². The minimum absolute atomic E-state index is 0. The molecule has 0 bridgehead atoms. The van der Waals surface area contributed by atoms with E-state index in [1.54, 1.807) is 7.11 Å². The molecular formula is C16H25ClN2O3. The summed E-state index contributed by atoms with van der Waals surface area (Å²) in [6, 6.07) is 5.66. The molecule has 0 saturated heterocycles. The van der Waals surface area contributed by atoms with Crippen molar-refractivity contribution in [3.05, 3.63) is 23.8 Å². The molecule has 1 fully saturated rings. The van der Waals surface area contributed by atoms with E-state index < -0.39 is 5.54 Å². The van der Waals surface area contributed by atoms with Crippen LogP contribution in [0.1, 0.15) is 38.2 Å². The number of hydrogen-bond donors (Lipinski definition) is 2. The van der Waals surface area contributed by atoms with E-state index in [9.17, 15) is 4.79 Å². The zero-order valence-corrected chi connectivity index (χ0v) is 14.0. The van der Waals surface area contributed by atoms with Crippen molar-refractivity contribution < 1.29 is 14.3 Å². The van der Waals surface area contributed by atoms with Crippen molar-refractivity contribution in [2.45, 2.75) is 44.7 Å². The Labute approximate surface area is 138 Å². The van der Waals surface area contributed by atoms with Crippen LogP contribution < -0.4 is 20.5 Å². The number of carbonyl (C=O) groups is 1. The number of rotatable bonds is 6. The van der Waals surface area contributed by atoms with Gasteiger partial charge in [0.2, 0.25) is 5.91 Å². The highest BCUT2D eigenvalue weighted by molar-refractivity contribution is 5.86. The molecule has 1 aliphatic carbocycles. The maximum Gasteiger partial charge on any atom is 0.240 e. The molecule has 0 atom stereocenters. The van der Waals surface area contributed by atoms with Gasteiger partial charge in [-0.05, 0) is 37.5 Å². The molecule has 0 unspecified atom stereocenters. The summed E-state index contributed by atoms with van der Waals surface area (Å²) < 4.78 is 10.8. The molecule has 124 valence electrons. The van der Waals surface area contributed by atoms with E-state index in [4.69, 9.17) is 15.2 Å². The maximum absolute atomic E-state index is 12.2. The molecule has 1 aromatic carbocycles. The third-order valence-corrected chi connectivity index (χ3v) is 3.93. The van der Waals surface area contributed by atoms with E-state index in [0.29, 0.717) is 24.7 Å². The Balaban J connectivity index is 0.00000242. The Bertz CT molecular complexity index is 502. The molecule has 0 radical (unpaired) electrons. The van der Waals surface area contributed by atoms with Crippen LogP contribution in [-0.4, -0.2) is 25.2 Å². The Morgan fingerprint density at radius 3 is 2.59 bits per heavy atom. The van der Waals surface area contributed by atoms with E-state index in [0.717, 1.165) is 31.2 Å². The maximum atomic E-state index is 12.2. The fraction of sp³-hybridized carbons (Fsp3) is 0.562. The zero-order valence-electron chi connectivity index (χ0n) is 13.2. The van der Waals surface area contributed by atoms with Crippen LogP contribution in [0.15, 0.2) is 18.2 Å². The van der Waals surface area contributed by atoms with Crippen molar-refractivity contribution in [1.29, 1.82) is 0 Å². The van der Waals surface area contributed by atoms with Gasteiger partial charge in [-0.25, -0.2) is 0 Å². The molecule has 5 nitrogen and oxygen atoms in total. The monoisotopic (exact) mass is 328 g/mol. The van der Waals surface area contributed by atoms with Gasteiger partial charge in [0, 0.05) is 6.54 Å². The molecule has 1 saturated carbocycles. The summed E-state index contributed by atoms with van der Waals surface area (Å²) in [5.74, 6) is 1.32. The number of nitrogens with one attached hydrogen (secondary N) is 1. The SMILES string of the molecule is CCOc1ccc(CNC(=O)C2(N)CCCC2)cc1OC.Cl. The molecular weight excluding hydrogens is 304 g/mol. The van der Waals surface area contributed by atoms with Crippen LogP contribution in [0.5, 0.6) is 11.5 Å². The number of ether oxygens (including phenoxy) is 2. The lowest BCUT2D eigenvalue weighted by Crippen LogP contribution is -2.51. The molecule has 3 N–H and O–H groups in total. The number of hydrogen-bond acceptors (Lipinski definition) is 4. The van der Waals surface area contributed by atoms with Crippen molar-refractivity contribution in [3.8, 4) is 11.5 Å². The number of benzene rings is 1. The highest BCUT2D eigenvalue weighted by Crippen LogP contribution is 2.29. The number of nitrogens with two attached hydrogens (primary N) is 1. The largest absolute Gasteiger partial charge is 0.493 e. The van der Waals surface area contributed by atoms with Gasteiger partial charge in [-0.15, -0.1) is 12.4 Å². The van der Waals surface area contributed by atoms with Crippen LogP contribution >= 0.6 is 12.4 Å². The second-order valence-corrected chi connectivity index (χ2v) is 5.46. The molecule has 2 rings (SSSR count). The highest BCUT2D eigenvalue weighted by Gasteiger charge is 2.36. The minimum Gasteiger partial charge on any atom is -0.493 e. The predicted molar refractivity (Wildman–Crippen MR) is 88.6 cm³/mol. The average molecular weight is 329 g/mol. The Hall–Kier alpha value is -1.46. The lowest BCUT2D eigenvalue weighted by Gasteiger charge is -2.22. The Morgan fingerprint density at radius 2 is 2.00 bits per heavy atom. The van der Waals surface area contributed by atoms with Crippen molar-refractivity contribution in [1.82, 2.24) is 5.32 Å². The first-order valence-corrected chi connectivity index (χ1v) is 7.46. The molecule has 0 aliphatic heterocycles. The highest BCUT2D eigenvalue weighted by atomic mass is 35.5. The van der Waals surface area contributed by atoms with Gasteiger partial charge < -0.3 is 20.5 Å². The van der Waals surface area contributed by atoms with Crippen LogP contribution in [0, 0.1) is 0 Å². The second-order valence-electron chi connectivity index (χ2n) is 5.46. The number of amides is 1. The summed E-state index contributed by atoms with van der Waals surface area (Å²) in [6.07, 6.45) is 3.60. The normalized spacial score (nSPS) is 15.8. The van der Waals surface area contributed by atoms with E-state index in [-0.39, 0.29) is 18.3 Å². The van der Waals surface area contributed by atoms with E-state index in [1.165, 1.54) is 0 Å². The van der Waals surface area contributed by atoms with Crippen LogP contribution in [0.4, 0.5) is 0 Å². The molecule has 1 aromatic rings. The smallest absolute Gasteiger partial charge is 0.240 e. The van der Waals surface area contributed by atoms with Gasteiger partial charge >= 0.3 is 0 Å². The molecule has 0 aromatic heterocycles. The summed E-state index contributed by atoms with van der Waals surface area (Å²) in [7, 11) is 1.60. The first kappa shape index (κ1) is 18.6. The van der Waals surface area contributed by atoms with Gasteiger partial charge in [0.15, 0.2) is 11.5 Å². The van der Waals surface area contributed by atoms with Crippen molar-refractivity contribution in [2.24, 2.45) is 5.73 Å². The fourth-order valence-electron chi connectivity index (χ4n) is 2.69. The molecule has 0 heterocycles. The minimum atomic E-state index is -0.685. The third kappa shape index (κ3) is 4.27. The second kappa shape index (κ2) is 8.25. The first-order valence-electron chi connectivity index (χ1n) is 7.46. The summed E-state index contributed by atoms with van der Waals surface area (Å²) in [5, 5.41) is 2.92. The van der Waals surface area contributed by atoms with Crippen molar-refractivity contribution in [3.63, 3.8) is 0 Å². The summed E-state index contributed by atoms with van der Waals surface area (Å²) in [4.78, 5) is 12.2.